The molecule has 1 aromatic carbocycles. The van der Waals surface area contributed by atoms with Crippen LogP contribution in [-0.2, 0) is 19.5 Å². The first kappa shape index (κ1) is 14.7. The summed E-state index contributed by atoms with van der Waals surface area (Å²) in [6.07, 6.45) is 2.07. The van der Waals surface area contributed by atoms with Crippen molar-refractivity contribution in [1.29, 1.82) is 5.26 Å². The highest BCUT2D eigenvalue weighted by Gasteiger charge is 2.13. The minimum atomic E-state index is -0.501. The number of aryl methyl sites for hydroxylation is 1. The second kappa shape index (κ2) is 6.28. The normalized spacial score (nSPS) is 10.6. The van der Waals surface area contributed by atoms with E-state index in [1.807, 2.05) is 36.4 Å². The molecule has 2 heterocycles. The standard InChI is InChI=1S/C17H14N4O2/c18-9-12-20-15-14(7-4-10-19-15)16(22)21(17(20)23)11-8-13-5-2-1-3-6-13/h1-7,10H,8,11-12H2. The number of pyridine rings is 1. The molecule has 0 aliphatic heterocycles. The van der Waals surface area contributed by atoms with E-state index in [-0.39, 0.29) is 24.3 Å². The molecule has 3 rings (SSSR count). The van der Waals surface area contributed by atoms with Gasteiger partial charge >= 0.3 is 5.69 Å². The molecule has 0 atom stereocenters. The molecule has 0 aliphatic carbocycles. The molecule has 114 valence electrons. The highest BCUT2D eigenvalue weighted by molar-refractivity contribution is 5.73. The van der Waals surface area contributed by atoms with Crippen LogP contribution in [0.4, 0.5) is 0 Å². The number of benzene rings is 1. The molecule has 0 bridgehead atoms. The Labute approximate surface area is 131 Å². The highest BCUT2D eigenvalue weighted by Crippen LogP contribution is 2.05. The quantitative estimate of drug-likeness (QED) is 0.728. The van der Waals surface area contributed by atoms with Gasteiger partial charge in [-0.05, 0) is 24.1 Å². The maximum absolute atomic E-state index is 12.6. The smallest absolute Gasteiger partial charge is 0.268 e. The van der Waals surface area contributed by atoms with Crippen LogP contribution in [0.2, 0.25) is 0 Å². The van der Waals surface area contributed by atoms with Crippen molar-refractivity contribution in [2.45, 2.75) is 19.5 Å². The van der Waals surface area contributed by atoms with Crippen molar-refractivity contribution in [2.24, 2.45) is 0 Å². The summed E-state index contributed by atoms with van der Waals surface area (Å²) < 4.78 is 2.41. The van der Waals surface area contributed by atoms with E-state index in [1.54, 1.807) is 12.1 Å². The predicted octanol–water partition coefficient (Wildman–Crippen LogP) is 1.32. The van der Waals surface area contributed by atoms with E-state index < -0.39 is 5.69 Å². The number of aromatic nitrogens is 3. The van der Waals surface area contributed by atoms with Crippen molar-refractivity contribution < 1.29 is 0 Å². The molecule has 0 spiro atoms. The predicted molar refractivity (Wildman–Crippen MR) is 86.0 cm³/mol. The lowest BCUT2D eigenvalue weighted by atomic mass is 10.1. The fourth-order valence-corrected chi connectivity index (χ4v) is 2.54. The van der Waals surface area contributed by atoms with Gasteiger partial charge in [0.05, 0.1) is 11.5 Å². The molecule has 6 nitrogen and oxygen atoms in total. The van der Waals surface area contributed by atoms with Gasteiger partial charge in [-0.2, -0.15) is 5.26 Å². The summed E-state index contributed by atoms with van der Waals surface area (Å²) in [5.74, 6) is 0. The molecule has 0 fully saturated rings. The summed E-state index contributed by atoms with van der Waals surface area (Å²) in [5, 5.41) is 9.29. The largest absolute Gasteiger partial charge is 0.333 e. The Morgan fingerprint density at radius 1 is 1.04 bits per heavy atom. The van der Waals surface area contributed by atoms with E-state index in [0.717, 1.165) is 5.56 Å². The average molecular weight is 306 g/mol. The third-order valence-electron chi connectivity index (χ3n) is 3.68. The Hall–Kier alpha value is -3.20. The van der Waals surface area contributed by atoms with E-state index in [0.29, 0.717) is 11.8 Å². The van der Waals surface area contributed by atoms with E-state index in [4.69, 9.17) is 5.26 Å². The van der Waals surface area contributed by atoms with Gasteiger partial charge in [0.25, 0.3) is 5.56 Å². The maximum Gasteiger partial charge on any atom is 0.333 e. The first-order valence-electron chi connectivity index (χ1n) is 7.21. The van der Waals surface area contributed by atoms with Crippen LogP contribution < -0.4 is 11.2 Å². The zero-order valence-electron chi connectivity index (χ0n) is 12.3. The molecular formula is C17H14N4O2. The summed E-state index contributed by atoms with van der Waals surface area (Å²) in [7, 11) is 0. The van der Waals surface area contributed by atoms with Gasteiger partial charge in [0.15, 0.2) is 0 Å². The zero-order chi connectivity index (χ0) is 16.2. The van der Waals surface area contributed by atoms with Crippen LogP contribution in [0.5, 0.6) is 0 Å². The van der Waals surface area contributed by atoms with Gasteiger partial charge in [-0.3, -0.25) is 13.9 Å². The lowest BCUT2D eigenvalue weighted by Crippen LogP contribution is -2.40. The fraction of sp³-hybridized carbons (Fsp3) is 0.176. The molecule has 2 aromatic heterocycles. The van der Waals surface area contributed by atoms with Crippen molar-refractivity contribution in [2.75, 3.05) is 0 Å². The van der Waals surface area contributed by atoms with Crippen LogP contribution in [0, 0.1) is 11.3 Å². The van der Waals surface area contributed by atoms with Gasteiger partial charge < -0.3 is 0 Å². The molecule has 6 heteroatoms. The topological polar surface area (TPSA) is 80.7 Å². The van der Waals surface area contributed by atoms with Gasteiger partial charge in [0.2, 0.25) is 0 Å². The minimum absolute atomic E-state index is 0.141. The summed E-state index contributed by atoms with van der Waals surface area (Å²) in [6.45, 7) is 0.121. The Kier molecular flexibility index (Phi) is 4.02. The van der Waals surface area contributed by atoms with Gasteiger partial charge in [-0.15, -0.1) is 0 Å². The molecule has 0 N–H and O–H groups in total. The molecule has 23 heavy (non-hydrogen) atoms. The fourth-order valence-electron chi connectivity index (χ4n) is 2.54. The van der Waals surface area contributed by atoms with Crippen molar-refractivity contribution in [1.82, 2.24) is 14.1 Å². The second-order valence-electron chi connectivity index (χ2n) is 5.09. The first-order valence-corrected chi connectivity index (χ1v) is 7.21. The van der Waals surface area contributed by atoms with Crippen LogP contribution in [0.3, 0.4) is 0 Å². The Balaban J connectivity index is 2.11. The first-order chi connectivity index (χ1) is 11.2. The van der Waals surface area contributed by atoms with E-state index in [2.05, 4.69) is 4.98 Å². The highest BCUT2D eigenvalue weighted by atomic mass is 16.2. The molecule has 0 saturated carbocycles. The summed E-state index contributed by atoms with van der Waals surface area (Å²) in [4.78, 5) is 29.2. The number of fused-ring (bicyclic) bond motifs is 1. The molecule has 0 saturated heterocycles. The number of nitrogens with zero attached hydrogens (tertiary/aromatic N) is 4. The van der Waals surface area contributed by atoms with Crippen molar-refractivity contribution >= 4 is 11.0 Å². The number of hydrogen-bond acceptors (Lipinski definition) is 4. The van der Waals surface area contributed by atoms with Crippen molar-refractivity contribution in [3.63, 3.8) is 0 Å². The van der Waals surface area contributed by atoms with Gasteiger partial charge in [0.1, 0.15) is 12.2 Å². The van der Waals surface area contributed by atoms with Crippen molar-refractivity contribution in [3.05, 3.63) is 75.1 Å². The second-order valence-corrected chi connectivity index (χ2v) is 5.09. The van der Waals surface area contributed by atoms with Gasteiger partial charge in [0, 0.05) is 12.7 Å². The van der Waals surface area contributed by atoms with E-state index in [9.17, 15) is 9.59 Å². The molecular weight excluding hydrogens is 292 g/mol. The monoisotopic (exact) mass is 306 g/mol. The molecule has 0 aliphatic rings. The average Bonchev–Trinajstić information content (AvgIpc) is 2.59. The Morgan fingerprint density at radius 2 is 1.83 bits per heavy atom. The number of hydrogen-bond donors (Lipinski definition) is 0. The van der Waals surface area contributed by atoms with E-state index >= 15 is 0 Å². The molecule has 0 unspecified atom stereocenters. The third-order valence-corrected chi connectivity index (χ3v) is 3.68. The summed E-state index contributed by atoms with van der Waals surface area (Å²) >= 11 is 0. The van der Waals surface area contributed by atoms with Crippen LogP contribution in [0.25, 0.3) is 11.0 Å². The zero-order valence-corrected chi connectivity index (χ0v) is 12.3. The SMILES string of the molecule is N#CCn1c(=O)n(CCc2ccccc2)c(=O)c2cccnc21. The maximum atomic E-state index is 12.6. The van der Waals surface area contributed by atoms with Crippen LogP contribution in [0.1, 0.15) is 5.56 Å². The van der Waals surface area contributed by atoms with Gasteiger partial charge in [-0.25, -0.2) is 9.78 Å². The van der Waals surface area contributed by atoms with Gasteiger partial charge in [-0.1, -0.05) is 30.3 Å². The van der Waals surface area contributed by atoms with E-state index in [1.165, 1.54) is 15.3 Å². The molecule has 3 aromatic rings. The molecule has 0 amide bonds. The number of nitriles is 1. The number of rotatable bonds is 4. The third kappa shape index (κ3) is 2.77. The summed E-state index contributed by atoms with van der Waals surface area (Å²) in [6, 6.07) is 14.8. The Morgan fingerprint density at radius 3 is 2.57 bits per heavy atom. The Bertz CT molecular complexity index is 997. The summed E-state index contributed by atoms with van der Waals surface area (Å²) in [5.41, 5.74) is 0.416. The van der Waals surface area contributed by atoms with Crippen molar-refractivity contribution in [3.8, 4) is 6.07 Å². The van der Waals surface area contributed by atoms with Crippen LogP contribution >= 0.6 is 0 Å². The molecule has 0 radical (unpaired) electrons. The van der Waals surface area contributed by atoms with Crippen LogP contribution in [0.15, 0.2) is 58.3 Å². The minimum Gasteiger partial charge on any atom is -0.268 e. The lowest BCUT2D eigenvalue weighted by molar-refractivity contribution is 0.592. The van der Waals surface area contributed by atoms with Crippen LogP contribution in [-0.4, -0.2) is 14.1 Å². The lowest BCUT2D eigenvalue weighted by Gasteiger charge is -2.11.